The van der Waals surface area contributed by atoms with Crippen molar-refractivity contribution >= 4 is 11.9 Å². The molecule has 1 aliphatic rings. The Morgan fingerprint density at radius 2 is 1.71 bits per heavy atom. The molecule has 4 rings (SSSR count). The van der Waals surface area contributed by atoms with Crippen LogP contribution in [0.3, 0.4) is 0 Å². The Hall–Kier alpha value is -3.80. The summed E-state index contributed by atoms with van der Waals surface area (Å²) >= 11 is 0. The normalized spacial score (nSPS) is 17.1. The van der Waals surface area contributed by atoms with E-state index in [9.17, 15) is 14.7 Å². The lowest BCUT2D eigenvalue weighted by atomic mass is 9.74. The van der Waals surface area contributed by atoms with E-state index >= 15 is 0 Å². The number of carbonyl (C=O) groups is 2. The number of rotatable bonds is 8. The van der Waals surface area contributed by atoms with E-state index < -0.39 is 11.4 Å². The number of carbonyl (C=O) groups excluding carboxylic acids is 1. The first-order chi connectivity index (χ1) is 16.9. The van der Waals surface area contributed by atoms with E-state index in [0.29, 0.717) is 30.8 Å². The number of nitrogens with one attached hydrogen (secondary N) is 1. The van der Waals surface area contributed by atoms with Crippen molar-refractivity contribution in [2.75, 3.05) is 7.11 Å². The summed E-state index contributed by atoms with van der Waals surface area (Å²) in [5.74, 6) is 0.322. The van der Waals surface area contributed by atoms with Gasteiger partial charge in [0.05, 0.1) is 24.1 Å². The lowest BCUT2D eigenvalue weighted by molar-refractivity contribution is -0.128. The lowest BCUT2D eigenvalue weighted by Crippen LogP contribution is -2.46. The van der Waals surface area contributed by atoms with E-state index in [1.807, 2.05) is 62.4 Å². The van der Waals surface area contributed by atoms with Crippen molar-refractivity contribution in [2.45, 2.75) is 50.7 Å². The van der Waals surface area contributed by atoms with Crippen LogP contribution in [0.1, 0.15) is 72.3 Å². The van der Waals surface area contributed by atoms with Crippen LogP contribution in [-0.2, 0) is 10.2 Å². The number of amides is 1. The van der Waals surface area contributed by atoms with Gasteiger partial charge in [0.15, 0.2) is 0 Å². The number of carboxylic acid groups (broad SMARTS) is 1. The Bertz CT molecular complexity index is 1190. The Morgan fingerprint density at radius 1 is 1.03 bits per heavy atom. The molecule has 2 atom stereocenters. The van der Waals surface area contributed by atoms with Crippen molar-refractivity contribution in [1.29, 1.82) is 0 Å². The zero-order chi connectivity index (χ0) is 25.0. The molecular weight excluding hydrogens is 442 g/mol. The fourth-order valence-electron chi connectivity index (χ4n) is 4.92. The van der Waals surface area contributed by atoms with Crippen LogP contribution in [0.25, 0.3) is 0 Å². The van der Waals surface area contributed by atoms with Gasteiger partial charge in [-0.15, -0.1) is 0 Å². The molecule has 6 heteroatoms. The van der Waals surface area contributed by atoms with Crippen molar-refractivity contribution in [2.24, 2.45) is 0 Å². The van der Waals surface area contributed by atoms with Crippen molar-refractivity contribution in [3.8, 4) is 11.5 Å². The van der Waals surface area contributed by atoms with Gasteiger partial charge in [-0.05, 0) is 48.2 Å². The molecule has 3 aromatic rings. The molecule has 0 aromatic heterocycles. The Labute approximate surface area is 205 Å². The molecule has 182 valence electrons. The number of fused-ring (bicyclic) bond motifs is 1. The smallest absolute Gasteiger partial charge is 0.335 e. The van der Waals surface area contributed by atoms with E-state index in [4.69, 9.17) is 9.47 Å². The summed E-state index contributed by atoms with van der Waals surface area (Å²) in [6.07, 6.45) is 1.53. The summed E-state index contributed by atoms with van der Waals surface area (Å²) in [5, 5.41) is 12.6. The third-order valence-corrected chi connectivity index (χ3v) is 7.12. The number of hydrogen-bond acceptors (Lipinski definition) is 4. The van der Waals surface area contributed by atoms with Gasteiger partial charge in [-0.3, -0.25) is 4.79 Å². The Morgan fingerprint density at radius 3 is 2.31 bits per heavy atom. The summed E-state index contributed by atoms with van der Waals surface area (Å²) < 4.78 is 11.7. The van der Waals surface area contributed by atoms with Crippen LogP contribution in [-0.4, -0.2) is 24.1 Å². The molecule has 0 bridgehead atoms. The minimum absolute atomic E-state index is 0.0117. The predicted molar refractivity (Wildman–Crippen MR) is 134 cm³/mol. The topological polar surface area (TPSA) is 84.9 Å². The van der Waals surface area contributed by atoms with E-state index in [0.717, 1.165) is 16.7 Å². The molecule has 0 aliphatic carbocycles. The van der Waals surface area contributed by atoms with E-state index in [1.54, 1.807) is 31.4 Å². The zero-order valence-corrected chi connectivity index (χ0v) is 20.3. The van der Waals surface area contributed by atoms with Crippen molar-refractivity contribution in [1.82, 2.24) is 5.32 Å². The first kappa shape index (κ1) is 24.3. The maximum absolute atomic E-state index is 13.8. The largest absolute Gasteiger partial charge is 0.497 e. The molecule has 0 saturated heterocycles. The minimum atomic E-state index is -0.974. The molecule has 35 heavy (non-hydrogen) atoms. The van der Waals surface area contributed by atoms with E-state index in [-0.39, 0.29) is 23.6 Å². The predicted octanol–water partition coefficient (Wildman–Crippen LogP) is 5.83. The van der Waals surface area contributed by atoms with Gasteiger partial charge in [-0.25, -0.2) is 4.79 Å². The third-order valence-electron chi connectivity index (χ3n) is 7.12. The number of ether oxygens (including phenoxy) is 2. The van der Waals surface area contributed by atoms with Gasteiger partial charge in [-0.1, -0.05) is 56.3 Å². The first-order valence-corrected chi connectivity index (χ1v) is 12.0. The van der Waals surface area contributed by atoms with E-state index in [2.05, 4.69) is 5.32 Å². The average molecular weight is 474 g/mol. The minimum Gasteiger partial charge on any atom is -0.497 e. The maximum Gasteiger partial charge on any atom is 0.335 e. The molecule has 1 amide bonds. The molecule has 1 heterocycles. The molecule has 0 radical (unpaired) electrons. The summed E-state index contributed by atoms with van der Waals surface area (Å²) in [5.41, 5.74) is 2.33. The van der Waals surface area contributed by atoms with Crippen LogP contribution in [0.5, 0.6) is 11.5 Å². The molecule has 0 saturated carbocycles. The van der Waals surface area contributed by atoms with Crippen LogP contribution in [0, 0.1) is 0 Å². The van der Waals surface area contributed by atoms with Crippen molar-refractivity contribution < 1.29 is 24.2 Å². The van der Waals surface area contributed by atoms with Gasteiger partial charge < -0.3 is 19.9 Å². The van der Waals surface area contributed by atoms with Crippen LogP contribution < -0.4 is 14.8 Å². The molecule has 1 aliphatic heterocycles. The first-order valence-electron chi connectivity index (χ1n) is 12.0. The van der Waals surface area contributed by atoms with Gasteiger partial charge in [0.25, 0.3) is 0 Å². The number of benzene rings is 3. The van der Waals surface area contributed by atoms with Gasteiger partial charge in [0, 0.05) is 18.1 Å². The fraction of sp³-hybridized carbons (Fsp3) is 0.310. The van der Waals surface area contributed by atoms with E-state index in [1.165, 1.54) is 0 Å². The Kier molecular flexibility index (Phi) is 7.10. The summed E-state index contributed by atoms with van der Waals surface area (Å²) in [6, 6.07) is 22.0. The highest BCUT2D eigenvalue weighted by molar-refractivity contribution is 5.89. The van der Waals surface area contributed by atoms with Crippen molar-refractivity contribution in [3.63, 3.8) is 0 Å². The molecule has 0 fully saturated rings. The standard InChI is InChI=1S/C29H31NO5/c1-4-29(5-2,21-9-7-6-8-10-21)28(33)30-24-18-25(19-11-13-20(14-12-19)27(31)32)35-26-17-22(34-3)15-16-23(24)26/h6-17,24-25H,4-5,18H2,1-3H3,(H,30,33)(H,31,32)/t24-,25-/m1/s1. The monoisotopic (exact) mass is 473 g/mol. The lowest BCUT2D eigenvalue weighted by Gasteiger charge is -2.37. The van der Waals surface area contributed by atoms with Gasteiger partial charge >= 0.3 is 5.97 Å². The van der Waals surface area contributed by atoms with Gasteiger partial charge in [0.2, 0.25) is 5.91 Å². The number of carboxylic acids is 1. The summed E-state index contributed by atoms with van der Waals surface area (Å²) in [6.45, 7) is 4.09. The quantitative estimate of drug-likeness (QED) is 0.430. The van der Waals surface area contributed by atoms with Crippen molar-refractivity contribution in [3.05, 3.63) is 95.1 Å². The molecule has 0 spiro atoms. The van der Waals surface area contributed by atoms with Crippen LogP contribution in [0.2, 0.25) is 0 Å². The zero-order valence-electron chi connectivity index (χ0n) is 20.3. The Balaban J connectivity index is 1.68. The average Bonchev–Trinajstić information content (AvgIpc) is 2.90. The molecule has 6 nitrogen and oxygen atoms in total. The number of methoxy groups -OCH3 is 1. The second kappa shape index (κ2) is 10.2. The second-order valence-corrected chi connectivity index (χ2v) is 8.85. The summed E-state index contributed by atoms with van der Waals surface area (Å²) in [4.78, 5) is 25.1. The highest BCUT2D eigenvalue weighted by atomic mass is 16.5. The number of aromatic carboxylic acids is 1. The third kappa shape index (κ3) is 4.74. The highest BCUT2D eigenvalue weighted by Gasteiger charge is 2.39. The molecule has 2 N–H and O–H groups in total. The van der Waals surface area contributed by atoms with Gasteiger partial charge in [-0.2, -0.15) is 0 Å². The van der Waals surface area contributed by atoms with Gasteiger partial charge in [0.1, 0.15) is 17.6 Å². The van der Waals surface area contributed by atoms with Crippen LogP contribution in [0.4, 0.5) is 0 Å². The maximum atomic E-state index is 13.8. The molecular formula is C29H31NO5. The van der Waals surface area contributed by atoms with Crippen LogP contribution in [0.15, 0.2) is 72.8 Å². The fourth-order valence-corrected chi connectivity index (χ4v) is 4.92. The molecule has 3 aromatic carbocycles. The summed E-state index contributed by atoms with van der Waals surface area (Å²) in [7, 11) is 1.60. The van der Waals surface area contributed by atoms with Crippen LogP contribution >= 0.6 is 0 Å². The highest BCUT2D eigenvalue weighted by Crippen LogP contribution is 2.43. The number of hydrogen-bond donors (Lipinski definition) is 2. The SMILES string of the molecule is CCC(CC)(C(=O)N[C@@H]1C[C@H](c2ccc(C(=O)O)cc2)Oc2cc(OC)ccc21)c1ccccc1. The second-order valence-electron chi connectivity index (χ2n) is 8.85. The molecule has 0 unspecified atom stereocenters.